The highest BCUT2D eigenvalue weighted by atomic mass is 16.4. The number of carboxylic acid groups (broad SMARTS) is 1. The Bertz CT molecular complexity index is 90.3. The van der Waals surface area contributed by atoms with E-state index in [2.05, 4.69) is 0 Å². The predicted molar refractivity (Wildman–Crippen MR) is 32.3 cm³/mol. The van der Waals surface area contributed by atoms with Crippen molar-refractivity contribution in [3.05, 3.63) is 6.10 Å². The first-order valence-corrected chi connectivity index (χ1v) is 2.96. The van der Waals surface area contributed by atoms with Gasteiger partial charge in [0.1, 0.15) is 0 Å². The number of carbonyl (C=O) groups is 1. The zero-order chi connectivity index (χ0) is 7.28. The highest BCUT2D eigenvalue weighted by Gasteiger charge is 2.12. The Kier molecular flexibility index (Phi) is 4.05. The van der Waals surface area contributed by atoms with Crippen LogP contribution in [-0.2, 0) is 4.79 Å². The SMILES string of the molecule is CCCC[C](O)C(=O)O. The van der Waals surface area contributed by atoms with Gasteiger partial charge in [0.15, 0.2) is 0 Å². The van der Waals surface area contributed by atoms with Crippen LogP contribution in [0.2, 0.25) is 0 Å². The van der Waals surface area contributed by atoms with Crippen molar-refractivity contribution in [2.24, 2.45) is 0 Å². The molecule has 0 fully saturated rings. The van der Waals surface area contributed by atoms with Gasteiger partial charge in [-0.05, 0) is 6.42 Å². The molecule has 0 bridgehead atoms. The van der Waals surface area contributed by atoms with E-state index >= 15 is 0 Å². The number of aliphatic carboxylic acids is 1. The smallest absolute Gasteiger partial charge is 0.339 e. The van der Waals surface area contributed by atoms with Crippen LogP contribution in [0.4, 0.5) is 0 Å². The largest absolute Gasteiger partial charge is 0.479 e. The molecule has 0 unspecified atom stereocenters. The Hall–Kier alpha value is -0.570. The van der Waals surface area contributed by atoms with Crippen molar-refractivity contribution in [2.45, 2.75) is 26.2 Å². The lowest BCUT2D eigenvalue weighted by atomic mass is 10.2. The van der Waals surface area contributed by atoms with Crippen molar-refractivity contribution in [1.82, 2.24) is 0 Å². The minimum Gasteiger partial charge on any atom is -0.479 e. The summed E-state index contributed by atoms with van der Waals surface area (Å²) in [5, 5.41) is 16.7. The molecule has 0 amide bonds. The second kappa shape index (κ2) is 4.32. The predicted octanol–water partition coefficient (Wildman–Crippen LogP) is 1.17. The van der Waals surface area contributed by atoms with E-state index in [1.54, 1.807) is 0 Å². The Morgan fingerprint density at radius 2 is 2.00 bits per heavy atom. The summed E-state index contributed by atoms with van der Waals surface area (Å²) < 4.78 is 0. The maximum Gasteiger partial charge on any atom is 0.339 e. The van der Waals surface area contributed by atoms with E-state index in [-0.39, 0.29) is 6.42 Å². The molecule has 0 aromatic carbocycles. The van der Waals surface area contributed by atoms with Crippen molar-refractivity contribution < 1.29 is 15.0 Å². The van der Waals surface area contributed by atoms with Gasteiger partial charge in [0.2, 0.25) is 6.10 Å². The lowest BCUT2D eigenvalue weighted by Crippen LogP contribution is -2.09. The van der Waals surface area contributed by atoms with E-state index in [1.165, 1.54) is 0 Å². The fourth-order valence-corrected chi connectivity index (χ4v) is 0.451. The Morgan fingerprint density at radius 1 is 1.44 bits per heavy atom. The molecule has 0 aliphatic heterocycles. The van der Waals surface area contributed by atoms with Crippen molar-refractivity contribution in [3.8, 4) is 0 Å². The third-order valence-corrected chi connectivity index (χ3v) is 1.01. The van der Waals surface area contributed by atoms with Crippen LogP contribution < -0.4 is 0 Å². The molecule has 0 saturated heterocycles. The number of hydrogen-bond acceptors (Lipinski definition) is 2. The number of aliphatic hydroxyl groups excluding tert-OH is 1. The van der Waals surface area contributed by atoms with E-state index in [0.717, 1.165) is 12.8 Å². The summed E-state index contributed by atoms with van der Waals surface area (Å²) in [5.41, 5.74) is 0. The molecule has 0 heterocycles. The van der Waals surface area contributed by atoms with Gasteiger partial charge < -0.3 is 10.2 Å². The van der Waals surface area contributed by atoms with Gasteiger partial charge >= 0.3 is 5.97 Å². The summed E-state index contributed by atoms with van der Waals surface area (Å²) in [6, 6.07) is 0. The first-order chi connectivity index (χ1) is 4.18. The second-order valence-corrected chi connectivity index (χ2v) is 1.86. The Balaban J connectivity index is 3.27. The Labute approximate surface area is 54.3 Å². The zero-order valence-electron chi connectivity index (χ0n) is 5.42. The average molecular weight is 131 g/mol. The molecule has 1 radical (unpaired) electrons. The van der Waals surface area contributed by atoms with Crippen LogP contribution in [0.15, 0.2) is 0 Å². The van der Waals surface area contributed by atoms with Crippen LogP contribution in [0, 0.1) is 6.10 Å². The van der Waals surface area contributed by atoms with E-state index in [9.17, 15) is 4.79 Å². The van der Waals surface area contributed by atoms with Crippen LogP contribution >= 0.6 is 0 Å². The highest BCUT2D eigenvalue weighted by molar-refractivity contribution is 5.79. The van der Waals surface area contributed by atoms with E-state index in [1.807, 2.05) is 6.92 Å². The maximum atomic E-state index is 9.92. The molecule has 0 aromatic rings. The zero-order valence-corrected chi connectivity index (χ0v) is 5.42. The molecular weight excluding hydrogens is 120 g/mol. The minimum absolute atomic E-state index is 0.284. The normalized spacial score (nSPS) is 10.1. The number of aliphatic hydroxyl groups is 1. The summed E-state index contributed by atoms with van der Waals surface area (Å²) in [4.78, 5) is 9.92. The highest BCUT2D eigenvalue weighted by Crippen LogP contribution is 2.05. The Morgan fingerprint density at radius 3 is 2.33 bits per heavy atom. The van der Waals surface area contributed by atoms with Crippen LogP contribution in [0.5, 0.6) is 0 Å². The first kappa shape index (κ1) is 8.43. The molecule has 3 nitrogen and oxygen atoms in total. The molecule has 2 N–H and O–H groups in total. The molecular formula is C6H11O3. The van der Waals surface area contributed by atoms with Gasteiger partial charge in [0.05, 0.1) is 0 Å². The summed E-state index contributed by atoms with van der Waals surface area (Å²) in [7, 11) is 0. The number of carboxylic acids is 1. The van der Waals surface area contributed by atoms with Crippen LogP contribution in [0.3, 0.4) is 0 Å². The lowest BCUT2D eigenvalue weighted by Gasteiger charge is -1.99. The second-order valence-electron chi connectivity index (χ2n) is 1.86. The van der Waals surface area contributed by atoms with Gasteiger partial charge in [-0.25, -0.2) is 4.79 Å². The molecule has 0 aliphatic rings. The maximum absolute atomic E-state index is 9.92. The standard InChI is InChI=1S/C6H11O3/c1-2-3-4-5(7)6(8)9/h7H,2-4H2,1H3,(H,8,9). The molecule has 0 saturated carbocycles. The fourth-order valence-electron chi connectivity index (χ4n) is 0.451. The molecule has 0 aliphatic carbocycles. The van der Waals surface area contributed by atoms with Crippen LogP contribution in [0.1, 0.15) is 26.2 Å². The molecule has 3 heteroatoms. The summed E-state index contributed by atoms with van der Waals surface area (Å²) >= 11 is 0. The third-order valence-electron chi connectivity index (χ3n) is 1.01. The molecule has 0 rings (SSSR count). The first-order valence-electron chi connectivity index (χ1n) is 2.96. The summed E-state index contributed by atoms with van der Waals surface area (Å²) in [6.45, 7) is 1.94. The molecule has 9 heavy (non-hydrogen) atoms. The van der Waals surface area contributed by atoms with Gasteiger partial charge in [-0.2, -0.15) is 0 Å². The number of hydrogen-bond donors (Lipinski definition) is 2. The van der Waals surface area contributed by atoms with Gasteiger partial charge in [-0.1, -0.05) is 19.8 Å². The van der Waals surface area contributed by atoms with Crippen molar-refractivity contribution in [3.63, 3.8) is 0 Å². The third kappa shape index (κ3) is 3.97. The van der Waals surface area contributed by atoms with Crippen molar-refractivity contribution in [2.75, 3.05) is 0 Å². The van der Waals surface area contributed by atoms with Gasteiger partial charge in [-0.3, -0.25) is 0 Å². The molecule has 0 aromatic heterocycles. The van der Waals surface area contributed by atoms with Crippen molar-refractivity contribution in [1.29, 1.82) is 0 Å². The monoisotopic (exact) mass is 131 g/mol. The minimum atomic E-state index is -1.21. The van der Waals surface area contributed by atoms with E-state index in [0.29, 0.717) is 0 Å². The number of unbranched alkanes of at least 4 members (excludes halogenated alkanes) is 1. The van der Waals surface area contributed by atoms with Gasteiger partial charge in [0, 0.05) is 0 Å². The van der Waals surface area contributed by atoms with E-state index < -0.39 is 12.1 Å². The van der Waals surface area contributed by atoms with E-state index in [4.69, 9.17) is 10.2 Å². The van der Waals surface area contributed by atoms with Crippen LogP contribution in [-0.4, -0.2) is 16.2 Å². The molecule has 53 valence electrons. The topological polar surface area (TPSA) is 57.5 Å². The number of rotatable bonds is 4. The van der Waals surface area contributed by atoms with Crippen LogP contribution in [0.25, 0.3) is 0 Å². The summed E-state index contributed by atoms with van der Waals surface area (Å²) in [5.74, 6) is -1.21. The van der Waals surface area contributed by atoms with Gasteiger partial charge in [-0.15, -0.1) is 0 Å². The quantitative estimate of drug-likeness (QED) is 0.602. The summed E-state index contributed by atoms with van der Waals surface area (Å²) in [6.07, 6.45) is 1.48. The fraction of sp³-hybridized carbons (Fsp3) is 0.667. The van der Waals surface area contributed by atoms with Gasteiger partial charge in [0.25, 0.3) is 0 Å². The molecule has 0 spiro atoms. The average Bonchev–Trinajstić information content (AvgIpc) is 1.82. The molecule has 0 atom stereocenters. The van der Waals surface area contributed by atoms with Crippen molar-refractivity contribution >= 4 is 5.97 Å². The lowest BCUT2D eigenvalue weighted by molar-refractivity contribution is -0.139.